The van der Waals surface area contributed by atoms with E-state index in [1.165, 1.54) is 0 Å². The Hall–Kier alpha value is -2.87. The first kappa shape index (κ1) is 19.9. The Labute approximate surface area is 164 Å². The predicted octanol–water partition coefficient (Wildman–Crippen LogP) is 1.97. The van der Waals surface area contributed by atoms with Crippen LogP contribution in [0.4, 0.5) is 5.82 Å². The molecule has 0 spiro atoms. The molecule has 0 aromatic carbocycles. The molecule has 8 nitrogen and oxygen atoms in total. The van der Waals surface area contributed by atoms with Crippen molar-refractivity contribution >= 4 is 17.7 Å². The van der Waals surface area contributed by atoms with E-state index in [2.05, 4.69) is 20.2 Å². The third-order valence-corrected chi connectivity index (χ3v) is 4.74. The van der Waals surface area contributed by atoms with Gasteiger partial charge < -0.3 is 24.7 Å². The Bertz CT molecular complexity index is 856. The highest BCUT2D eigenvalue weighted by Crippen LogP contribution is 2.19. The summed E-state index contributed by atoms with van der Waals surface area (Å²) in [6.07, 6.45) is 1.75. The van der Waals surface area contributed by atoms with E-state index in [1.54, 1.807) is 27.0 Å². The smallest absolute Gasteiger partial charge is 0.340 e. The van der Waals surface area contributed by atoms with Crippen LogP contribution < -0.4 is 10.2 Å². The minimum atomic E-state index is -0.419. The predicted molar refractivity (Wildman–Crippen MR) is 105 cm³/mol. The summed E-state index contributed by atoms with van der Waals surface area (Å²) >= 11 is 0. The monoisotopic (exact) mass is 386 g/mol. The quantitative estimate of drug-likeness (QED) is 0.737. The van der Waals surface area contributed by atoms with E-state index in [1.807, 2.05) is 12.1 Å². The van der Waals surface area contributed by atoms with Crippen molar-refractivity contribution in [3.63, 3.8) is 0 Å². The second-order valence-corrected chi connectivity index (χ2v) is 6.65. The number of anilines is 1. The van der Waals surface area contributed by atoms with Gasteiger partial charge >= 0.3 is 5.97 Å². The maximum absolute atomic E-state index is 12.6. The number of aromatic amines is 1. The van der Waals surface area contributed by atoms with Crippen molar-refractivity contribution in [1.82, 2.24) is 15.3 Å². The van der Waals surface area contributed by atoms with E-state index in [0.29, 0.717) is 42.3 Å². The summed E-state index contributed by atoms with van der Waals surface area (Å²) in [5.41, 5.74) is 2.97. The van der Waals surface area contributed by atoms with Crippen LogP contribution in [-0.4, -0.2) is 54.8 Å². The Balaban J connectivity index is 1.68. The molecule has 1 saturated heterocycles. The first-order chi connectivity index (χ1) is 13.5. The fourth-order valence-corrected chi connectivity index (χ4v) is 3.29. The Morgan fingerprint density at radius 2 is 2.07 bits per heavy atom. The van der Waals surface area contributed by atoms with Gasteiger partial charge in [-0.2, -0.15) is 0 Å². The molecule has 0 saturated carbocycles. The molecule has 28 heavy (non-hydrogen) atoms. The van der Waals surface area contributed by atoms with Crippen molar-refractivity contribution in [2.24, 2.45) is 0 Å². The summed E-state index contributed by atoms with van der Waals surface area (Å²) < 4.78 is 10.4. The van der Waals surface area contributed by atoms with Crippen LogP contribution in [0, 0.1) is 13.8 Å². The zero-order valence-electron chi connectivity index (χ0n) is 16.5. The van der Waals surface area contributed by atoms with Gasteiger partial charge in [-0.25, -0.2) is 9.78 Å². The third kappa shape index (κ3) is 4.33. The molecule has 1 amide bonds. The lowest BCUT2D eigenvalue weighted by molar-refractivity contribution is 0.0525. The number of carbonyl (C=O) groups is 2. The fourth-order valence-electron chi connectivity index (χ4n) is 3.29. The molecule has 1 fully saturated rings. The minimum absolute atomic E-state index is 0.263. The molecule has 0 aliphatic carbocycles. The molecule has 2 N–H and O–H groups in total. The molecule has 0 bridgehead atoms. The third-order valence-electron chi connectivity index (χ3n) is 4.74. The van der Waals surface area contributed by atoms with Gasteiger partial charge in [0.25, 0.3) is 5.91 Å². The molecule has 8 heteroatoms. The molecule has 2 aromatic heterocycles. The lowest BCUT2D eigenvalue weighted by Gasteiger charge is -2.28. The largest absolute Gasteiger partial charge is 0.462 e. The Kier molecular flexibility index (Phi) is 6.30. The number of nitrogens with zero attached hydrogens (tertiary/aromatic N) is 2. The number of ether oxygens (including phenoxy) is 2. The molecule has 3 heterocycles. The van der Waals surface area contributed by atoms with Gasteiger partial charge in [0.2, 0.25) is 0 Å². The number of aryl methyl sites for hydroxylation is 1. The summed E-state index contributed by atoms with van der Waals surface area (Å²) in [4.78, 5) is 34.3. The van der Waals surface area contributed by atoms with E-state index in [0.717, 1.165) is 24.5 Å². The number of hydrogen-bond acceptors (Lipinski definition) is 6. The number of amides is 1. The van der Waals surface area contributed by atoms with E-state index >= 15 is 0 Å². The molecule has 0 radical (unpaired) electrons. The molecular formula is C20H26N4O4. The lowest BCUT2D eigenvalue weighted by Crippen LogP contribution is -2.36. The highest BCUT2D eigenvalue weighted by molar-refractivity contribution is 6.00. The maximum atomic E-state index is 12.6. The minimum Gasteiger partial charge on any atom is -0.462 e. The molecule has 3 rings (SSSR count). The van der Waals surface area contributed by atoms with Crippen LogP contribution in [0.25, 0.3) is 0 Å². The highest BCUT2D eigenvalue weighted by atomic mass is 16.5. The van der Waals surface area contributed by atoms with Crippen molar-refractivity contribution in [1.29, 1.82) is 0 Å². The maximum Gasteiger partial charge on any atom is 0.340 e. The first-order valence-electron chi connectivity index (χ1n) is 9.43. The molecule has 1 aliphatic heterocycles. The van der Waals surface area contributed by atoms with Crippen molar-refractivity contribution < 1.29 is 19.1 Å². The van der Waals surface area contributed by atoms with Crippen LogP contribution in [0.15, 0.2) is 18.3 Å². The van der Waals surface area contributed by atoms with Crippen molar-refractivity contribution in [2.45, 2.75) is 27.3 Å². The van der Waals surface area contributed by atoms with Gasteiger partial charge in [-0.3, -0.25) is 4.79 Å². The standard InChI is InChI=1S/C20H26N4O4/c1-4-28-20(26)17-13(2)18(23-14(17)3)19(25)22-12-15-5-6-21-16(11-15)24-7-9-27-10-8-24/h5-6,11,23H,4,7-10,12H2,1-3H3,(H,22,25). The van der Waals surface area contributed by atoms with Gasteiger partial charge in [-0.05, 0) is 44.0 Å². The molecule has 2 aromatic rings. The van der Waals surface area contributed by atoms with Gasteiger partial charge in [-0.1, -0.05) is 0 Å². The normalized spacial score (nSPS) is 14.0. The molecular weight excluding hydrogens is 360 g/mol. The average molecular weight is 386 g/mol. The van der Waals surface area contributed by atoms with Crippen molar-refractivity contribution in [3.8, 4) is 0 Å². The highest BCUT2D eigenvalue weighted by Gasteiger charge is 2.22. The number of rotatable bonds is 6. The molecule has 1 aliphatic rings. The number of morpholine rings is 1. The van der Waals surface area contributed by atoms with E-state index < -0.39 is 5.97 Å². The fraction of sp³-hybridized carbons (Fsp3) is 0.450. The van der Waals surface area contributed by atoms with Crippen LogP contribution in [0.3, 0.4) is 0 Å². The Morgan fingerprint density at radius 1 is 1.32 bits per heavy atom. The number of nitrogens with one attached hydrogen (secondary N) is 2. The van der Waals surface area contributed by atoms with Crippen molar-refractivity contribution in [2.75, 3.05) is 37.8 Å². The van der Waals surface area contributed by atoms with Crippen LogP contribution in [0.1, 0.15) is 44.6 Å². The van der Waals surface area contributed by atoms with Gasteiger partial charge in [0.05, 0.1) is 25.4 Å². The summed E-state index contributed by atoms with van der Waals surface area (Å²) in [5.74, 6) is 0.199. The lowest BCUT2D eigenvalue weighted by atomic mass is 10.1. The van der Waals surface area contributed by atoms with Crippen molar-refractivity contribution in [3.05, 3.63) is 46.4 Å². The number of H-pyrrole nitrogens is 1. The summed E-state index contributed by atoms with van der Waals surface area (Å²) in [5, 5.41) is 2.90. The van der Waals surface area contributed by atoms with Crippen LogP contribution in [-0.2, 0) is 16.0 Å². The number of hydrogen-bond donors (Lipinski definition) is 2. The zero-order chi connectivity index (χ0) is 20.1. The number of esters is 1. The van der Waals surface area contributed by atoms with Crippen LogP contribution in [0.5, 0.6) is 0 Å². The molecule has 150 valence electrons. The zero-order valence-corrected chi connectivity index (χ0v) is 16.5. The summed E-state index contributed by atoms with van der Waals surface area (Å²) in [7, 11) is 0. The van der Waals surface area contributed by atoms with Gasteiger partial charge in [-0.15, -0.1) is 0 Å². The number of pyridine rings is 1. The number of aromatic nitrogens is 2. The van der Waals surface area contributed by atoms with E-state index in [4.69, 9.17) is 9.47 Å². The summed E-state index contributed by atoms with van der Waals surface area (Å²) in [6.45, 7) is 8.90. The van der Waals surface area contributed by atoms with Gasteiger partial charge in [0.15, 0.2) is 0 Å². The van der Waals surface area contributed by atoms with Gasteiger partial charge in [0, 0.05) is 31.5 Å². The molecule has 0 unspecified atom stereocenters. The Morgan fingerprint density at radius 3 is 2.79 bits per heavy atom. The van der Waals surface area contributed by atoms with Gasteiger partial charge in [0.1, 0.15) is 11.5 Å². The second kappa shape index (κ2) is 8.88. The second-order valence-electron chi connectivity index (χ2n) is 6.65. The average Bonchev–Trinajstić information content (AvgIpc) is 3.01. The van der Waals surface area contributed by atoms with E-state index in [9.17, 15) is 9.59 Å². The topological polar surface area (TPSA) is 96.5 Å². The number of carbonyl (C=O) groups excluding carboxylic acids is 2. The first-order valence-corrected chi connectivity index (χ1v) is 9.43. The van der Waals surface area contributed by atoms with Crippen LogP contribution in [0.2, 0.25) is 0 Å². The molecule has 0 atom stereocenters. The summed E-state index contributed by atoms with van der Waals surface area (Å²) in [6, 6.07) is 3.85. The van der Waals surface area contributed by atoms with Crippen LogP contribution >= 0.6 is 0 Å². The SMILES string of the molecule is CCOC(=O)c1c(C)[nH]c(C(=O)NCc2ccnc(N3CCOCC3)c2)c1C. The van der Waals surface area contributed by atoms with E-state index in [-0.39, 0.29) is 12.5 Å².